The van der Waals surface area contributed by atoms with Crippen LogP contribution in [-0.4, -0.2) is 22.3 Å². The molecule has 0 saturated heterocycles. The number of anilines is 1. The second-order valence-corrected chi connectivity index (χ2v) is 6.29. The number of carbonyl (C=O) groups is 1. The van der Waals surface area contributed by atoms with Crippen molar-refractivity contribution in [2.45, 2.75) is 38.1 Å². The number of rotatable bonds is 1. The van der Waals surface area contributed by atoms with E-state index in [-0.39, 0.29) is 18.6 Å². The van der Waals surface area contributed by atoms with E-state index in [1.54, 1.807) is 0 Å². The molecule has 118 valence electrons. The highest BCUT2D eigenvalue weighted by Gasteiger charge is 2.33. The van der Waals surface area contributed by atoms with Gasteiger partial charge in [-0.3, -0.25) is 4.79 Å². The van der Waals surface area contributed by atoms with Crippen molar-refractivity contribution in [2.75, 3.05) is 12.1 Å². The van der Waals surface area contributed by atoms with Gasteiger partial charge in [0.2, 0.25) is 12.7 Å². The van der Waals surface area contributed by atoms with Crippen LogP contribution in [0.5, 0.6) is 11.5 Å². The summed E-state index contributed by atoms with van der Waals surface area (Å²) in [7, 11) is 0. The lowest BCUT2D eigenvalue weighted by atomic mass is 9.89. The number of ether oxygens (including phenoxy) is 2. The number of carbonyl (C=O) groups excluding carboxylic acids is 1. The molecule has 0 bridgehead atoms. The van der Waals surface area contributed by atoms with Crippen LogP contribution in [0.1, 0.15) is 42.3 Å². The van der Waals surface area contributed by atoms with Gasteiger partial charge in [-0.2, -0.15) is 0 Å². The number of hydrogen-bond acceptors (Lipinski definition) is 4. The molecule has 0 unspecified atom stereocenters. The molecule has 0 radical (unpaired) electrons. The predicted octanol–water partition coefficient (Wildman–Crippen LogP) is 2.42. The first-order chi connectivity index (χ1) is 11.3. The maximum atomic E-state index is 12.2. The SMILES string of the molecule is O=C1C[C@H](c2ccc3c(c2)OCO3)c2nc3n(c2N1)CCCC3. The Morgan fingerprint density at radius 3 is 3.09 bits per heavy atom. The van der Waals surface area contributed by atoms with Gasteiger partial charge in [-0.15, -0.1) is 0 Å². The number of nitrogens with one attached hydrogen (secondary N) is 1. The fraction of sp³-hybridized carbons (Fsp3) is 0.412. The number of hydrogen-bond donors (Lipinski definition) is 1. The highest BCUT2D eigenvalue weighted by atomic mass is 16.7. The molecule has 3 aliphatic rings. The Hall–Kier alpha value is -2.50. The van der Waals surface area contributed by atoms with Crippen LogP contribution in [0, 0.1) is 0 Å². The minimum absolute atomic E-state index is 0.0219. The summed E-state index contributed by atoms with van der Waals surface area (Å²) < 4.78 is 13.0. The van der Waals surface area contributed by atoms with Gasteiger partial charge in [0.05, 0.1) is 5.69 Å². The average Bonchev–Trinajstić information content (AvgIpc) is 3.17. The molecule has 0 saturated carbocycles. The van der Waals surface area contributed by atoms with E-state index in [0.717, 1.165) is 53.8 Å². The summed E-state index contributed by atoms with van der Waals surface area (Å²) in [5.74, 6) is 3.52. The average molecular weight is 311 g/mol. The first kappa shape index (κ1) is 13.0. The van der Waals surface area contributed by atoms with Crippen LogP contribution < -0.4 is 14.8 Å². The van der Waals surface area contributed by atoms with Crippen molar-refractivity contribution in [1.29, 1.82) is 0 Å². The monoisotopic (exact) mass is 311 g/mol. The Morgan fingerprint density at radius 2 is 2.13 bits per heavy atom. The van der Waals surface area contributed by atoms with E-state index in [0.29, 0.717) is 6.42 Å². The van der Waals surface area contributed by atoms with Crippen molar-refractivity contribution in [2.24, 2.45) is 0 Å². The van der Waals surface area contributed by atoms with Crippen molar-refractivity contribution in [1.82, 2.24) is 9.55 Å². The molecule has 2 aromatic rings. The van der Waals surface area contributed by atoms with E-state index in [2.05, 4.69) is 9.88 Å². The van der Waals surface area contributed by atoms with Crippen LogP contribution >= 0.6 is 0 Å². The molecular formula is C17H17N3O3. The predicted molar refractivity (Wildman–Crippen MR) is 82.8 cm³/mol. The van der Waals surface area contributed by atoms with Gasteiger partial charge in [0.25, 0.3) is 0 Å². The van der Waals surface area contributed by atoms with Gasteiger partial charge in [-0.1, -0.05) is 6.07 Å². The first-order valence-corrected chi connectivity index (χ1v) is 8.08. The van der Waals surface area contributed by atoms with Gasteiger partial charge in [0, 0.05) is 25.3 Å². The van der Waals surface area contributed by atoms with Gasteiger partial charge in [-0.05, 0) is 30.5 Å². The molecule has 1 N–H and O–H groups in total. The molecule has 5 rings (SSSR count). The van der Waals surface area contributed by atoms with Crippen molar-refractivity contribution in [3.63, 3.8) is 0 Å². The lowest BCUT2D eigenvalue weighted by Crippen LogP contribution is -2.25. The highest BCUT2D eigenvalue weighted by molar-refractivity contribution is 5.94. The van der Waals surface area contributed by atoms with Crippen LogP contribution in [0.15, 0.2) is 18.2 Å². The zero-order chi connectivity index (χ0) is 15.4. The van der Waals surface area contributed by atoms with Gasteiger partial charge in [0.15, 0.2) is 11.5 Å². The minimum atomic E-state index is -0.0219. The maximum Gasteiger partial charge on any atom is 0.231 e. The van der Waals surface area contributed by atoms with E-state index in [1.165, 1.54) is 6.42 Å². The second kappa shape index (κ2) is 4.75. The van der Waals surface area contributed by atoms with E-state index < -0.39 is 0 Å². The molecule has 1 aromatic heterocycles. The van der Waals surface area contributed by atoms with E-state index in [9.17, 15) is 4.79 Å². The van der Waals surface area contributed by atoms with E-state index in [4.69, 9.17) is 14.5 Å². The summed E-state index contributed by atoms with van der Waals surface area (Å²) in [5.41, 5.74) is 2.04. The van der Waals surface area contributed by atoms with Gasteiger partial charge >= 0.3 is 0 Å². The topological polar surface area (TPSA) is 65.4 Å². The number of aryl methyl sites for hydroxylation is 1. The Kier molecular flexibility index (Phi) is 2.68. The van der Waals surface area contributed by atoms with Gasteiger partial charge < -0.3 is 19.4 Å². The first-order valence-electron chi connectivity index (χ1n) is 8.08. The van der Waals surface area contributed by atoms with Crippen molar-refractivity contribution >= 4 is 11.7 Å². The summed E-state index contributed by atoms with van der Waals surface area (Å²) in [6, 6.07) is 5.91. The minimum Gasteiger partial charge on any atom is -0.454 e. The molecule has 1 atom stereocenters. The maximum absolute atomic E-state index is 12.2. The molecule has 0 fully saturated rings. The molecule has 0 spiro atoms. The number of amides is 1. The van der Waals surface area contributed by atoms with Crippen molar-refractivity contribution in [3.05, 3.63) is 35.3 Å². The third-order valence-corrected chi connectivity index (χ3v) is 4.88. The van der Waals surface area contributed by atoms with Crippen LogP contribution in [0.3, 0.4) is 0 Å². The summed E-state index contributed by atoms with van der Waals surface area (Å²) >= 11 is 0. The largest absolute Gasteiger partial charge is 0.454 e. The Morgan fingerprint density at radius 1 is 1.22 bits per heavy atom. The Balaban J connectivity index is 1.62. The molecule has 6 heteroatoms. The highest BCUT2D eigenvalue weighted by Crippen LogP contribution is 2.42. The number of benzene rings is 1. The Bertz CT molecular complexity index is 812. The quantitative estimate of drug-likeness (QED) is 0.878. The molecule has 3 aliphatic heterocycles. The van der Waals surface area contributed by atoms with Gasteiger partial charge in [-0.25, -0.2) is 4.98 Å². The molecule has 1 aromatic carbocycles. The molecule has 4 heterocycles. The summed E-state index contributed by atoms with van der Waals surface area (Å²) in [4.78, 5) is 17.1. The summed E-state index contributed by atoms with van der Waals surface area (Å²) in [6.45, 7) is 1.19. The van der Waals surface area contributed by atoms with Crippen LogP contribution in [0.4, 0.5) is 5.82 Å². The number of nitrogens with zero attached hydrogens (tertiary/aromatic N) is 2. The standard InChI is InChI=1S/C17H17N3O3/c21-15-8-11(10-4-5-12-13(7-10)23-9-22-12)16-17(19-15)20-6-2-1-3-14(20)18-16/h4-5,7,11H,1-3,6,8-9H2,(H,19,21)/t11-/m1/s1. The second-order valence-electron chi connectivity index (χ2n) is 6.29. The fourth-order valence-corrected chi connectivity index (χ4v) is 3.75. The van der Waals surface area contributed by atoms with Crippen molar-refractivity contribution < 1.29 is 14.3 Å². The van der Waals surface area contributed by atoms with Crippen LogP contribution in [-0.2, 0) is 17.8 Å². The molecule has 1 amide bonds. The van der Waals surface area contributed by atoms with Crippen LogP contribution in [0.25, 0.3) is 0 Å². The lowest BCUT2D eigenvalue weighted by molar-refractivity contribution is -0.116. The van der Waals surface area contributed by atoms with Crippen molar-refractivity contribution in [3.8, 4) is 11.5 Å². The fourth-order valence-electron chi connectivity index (χ4n) is 3.75. The molecular weight excluding hydrogens is 294 g/mol. The zero-order valence-electron chi connectivity index (χ0n) is 12.7. The zero-order valence-corrected chi connectivity index (χ0v) is 12.7. The number of imidazole rings is 1. The smallest absolute Gasteiger partial charge is 0.231 e. The third-order valence-electron chi connectivity index (χ3n) is 4.88. The van der Waals surface area contributed by atoms with E-state index >= 15 is 0 Å². The third kappa shape index (κ3) is 1.94. The lowest BCUT2D eigenvalue weighted by Gasteiger charge is -2.24. The normalized spacial score (nSPS) is 21.6. The molecule has 23 heavy (non-hydrogen) atoms. The summed E-state index contributed by atoms with van der Waals surface area (Å²) in [5, 5.41) is 3.03. The van der Waals surface area contributed by atoms with E-state index in [1.807, 2.05) is 18.2 Å². The van der Waals surface area contributed by atoms with Gasteiger partial charge in [0.1, 0.15) is 11.6 Å². The van der Waals surface area contributed by atoms with Crippen LogP contribution in [0.2, 0.25) is 0 Å². The summed E-state index contributed by atoms with van der Waals surface area (Å²) in [6.07, 6.45) is 3.71. The Labute approximate surface area is 133 Å². The number of fused-ring (bicyclic) bond motifs is 4. The number of aromatic nitrogens is 2. The molecule has 6 nitrogen and oxygen atoms in total. The molecule has 0 aliphatic carbocycles.